The van der Waals surface area contributed by atoms with E-state index in [1.54, 1.807) is 14.2 Å². The SMILES string of the molecule is CCN(CC)CC.COCCO[C@@H]1[C@H](OC(c2ccccc2)(c2ccc(OC)cc2)c2ccc(OC)cc2)[C@@H](COC(=O)CCC(=O)O)O[C@H]1n1ccc(NC(C)=O)nc1=O. The summed E-state index contributed by atoms with van der Waals surface area (Å²) < 4.78 is 43.4. The molecule has 5 rings (SSSR count). The predicted octanol–water partition coefficient (Wildman–Crippen LogP) is 5.28. The molecule has 1 fully saturated rings. The van der Waals surface area contributed by atoms with Crippen LogP contribution in [-0.4, -0.2) is 116 Å². The second-order valence-corrected chi connectivity index (χ2v) is 13.9. The lowest BCUT2D eigenvalue weighted by molar-refractivity contribution is -0.157. The molecule has 0 unspecified atom stereocenters. The molecular formula is C45H58N4O12. The van der Waals surface area contributed by atoms with Crippen LogP contribution in [0.15, 0.2) is 95.9 Å². The number of hydrogen-bond acceptors (Lipinski definition) is 13. The minimum Gasteiger partial charge on any atom is -0.497 e. The van der Waals surface area contributed by atoms with Gasteiger partial charge < -0.3 is 48.5 Å². The van der Waals surface area contributed by atoms with Crippen LogP contribution in [0.5, 0.6) is 11.5 Å². The Morgan fingerprint density at radius 3 is 1.85 bits per heavy atom. The van der Waals surface area contributed by atoms with Crippen LogP contribution < -0.4 is 20.5 Å². The van der Waals surface area contributed by atoms with E-state index < -0.39 is 60.1 Å². The van der Waals surface area contributed by atoms with Crippen LogP contribution in [0, 0.1) is 0 Å². The van der Waals surface area contributed by atoms with Gasteiger partial charge in [-0.3, -0.25) is 19.0 Å². The van der Waals surface area contributed by atoms with Gasteiger partial charge in [-0.05, 0) is 66.7 Å². The molecule has 2 heterocycles. The zero-order valence-corrected chi connectivity index (χ0v) is 35.9. The van der Waals surface area contributed by atoms with Crippen LogP contribution in [0.3, 0.4) is 0 Å². The minimum absolute atomic E-state index is 0.0393. The Kier molecular flexibility index (Phi) is 18.9. The van der Waals surface area contributed by atoms with Gasteiger partial charge in [0.25, 0.3) is 0 Å². The summed E-state index contributed by atoms with van der Waals surface area (Å²) in [7, 11) is 4.65. The molecule has 0 radical (unpaired) electrons. The van der Waals surface area contributed by atoms with Gasteiger partial charge >= 0.3 is 17.6 Å². The molecule has 16 heteroatoms. The predicted molar refractivity (Wildman–Crippen MR) is 227 cm³/mol. The average molecular weight is 847 g/mol. The smallest absolute Gasteiger partial charge is 0.351 e. The van der Waals surface area contributed by atoms with Gasteiger partial charge in [-0.2, -0.15) is 4.98 Å². The molecule has 4 aromatic rings. The number of carbonyl (C=O) groups excluding carboxylic acids is 2. The largest absolute Gasteiger partial charge is 0.497 e. The van der Waals surface area contributed by atoms with Crippen LogP contribution >= 0.6 is 0 Å². The summed E-state index contributed by atoms with van der Waals surface area (Å²) in [5.41, 5.74) is -0.0570. The summed E-state index contributed by atoms with van der Waals surface area (Å²) in [6, 6.07) is 25.6. The Bertz CT molecular complexity index is 1970. The zero-order chi connectivity index (χ0) is 44.4. The summed E-state index contributed by atoms with van der Waals surface area (Å²) in [5.74, 6) is -1.07. The average Bonchev–Trinajstić information content (AvgIpc) is 3.60. The van der Waals surface area contributed by atoms with Crippen molar-refractivity contribution < 1.29 is 52.6 Å². The van der Waals surface area contributed by atoms with Gasteiger partial charge in [0.2, 0.25) is 5.91 Å². The third-order valence-electron chi connectivity index (χ3n) is 10.1. The number of hydrogen-bond donors (Lipinski definition) is 2. The molecule has 2 N–H and O–H groups in total. The maximum absolute atomic E-state index is 13.5. The lowest BCUT2D eigenvalue weighted by atomic mass is 9.79. The first kappa shape index (κ1) is 48.0. The summed E-state index contributed by atoms with van der Waals surface area (Å²) in [4.78, 5) is 55.5. The zero-order valence-electron chi connectivity index (χ0n) is 35.9. The summed E-state index contributed by atoms with van der Waals surface area (Å²) >= 11 is 0. The first-order chi connectivity index (χ1) is 29.4. The number of amides is 1. The number of ether oxygens (including phenoxy) is 7. The maximum atomic E-state index is 13.5. The first-order valence-corrected chi connectivity index (χ1v) is 20.2. The molecule has 330 valence electrons. The molecule has 3 aromatic carbocycles. The molecule has 0 spiro atoms. The number of rotatable bonds is 21. The lowest BCUT2D eigenvalue weighted by Gasteiger charge is -2.40. The van der Waals surface area contributed by atoms with Crippen molar-refractivity contribution in [1.29, 1.82) is 0 Å². The number of aliphatic carboxylic acids is 1. The summed E-state index contributed by atoms with van der Waals surface area (Å²) in [6.07, 6.45) is -3.76. The quantitative estimate of drug-likeness (QED) is 0.0627. The van der Waals surface area contributed by atoms with E-state index in [4.69, 9.17) is 38.3 Å². The standard InChI is InChI=1S/C39H43N3O12.C6H15N/c1-25(43)40-32-20-21-42(38(47)41-32)37-36(51-23-22-48-2)35(31(53-37)24-52-34(46)19-18-33(44)45)54-39(26-8-6-5-7-9-26,27-10-14-29(49-3)15-11-27)28-12-16-30(50-4)17-13-28;1-4-7(5-2)6-3/h5-17,20-21,31,35-37H,18-19,22-24H2,1-4H3,(H,44,45)(H,40,41,43,47);4-6H2,1-3H3/t31-,35-,36-,37-;/m1./s1. The molecule has 1 aromatic heterocycles. The number of benzene rings is 3. The highest BCUT2D eigenvalue weighted by atomic mass is 16.6. The number of esters is 1. The van der Waals surface area contributed by atoms with Crippen LogP contribution in [-0.2, 0) is 43.7 Å². The highest BCUT2D eigenvalue weighted by molar-refractivity contribution is 5.87. The van der Waals surface area contributed by atoms with Gasteiger partial charge in [-0.1, -0.05) is 75.4 Å². The number of aromatic nitrogens is 2. The Hall–Kier alpha value is -5.65. The van der Waals surface area contributed by atoms with E-state index in [1.165, 1.54) is 50.5 Å². The van der Waals surface area contributed by atoms with Gasteiger partial charge in [-0.25, -0.2) is 4.79 Å². The monoisotopic (exact) mass is 846 g/mol. The number of anilines is 1. The summed E-state index contributed by atoms with van der Waals surface area (Å²) in [6.45, 7) is 11.3. The first-order valence-electron chi connectivity index (χ1n) is 20.2. The molecule has 0 aliphatic carbocycles. The van der Waals surface area contributed by atoms with Gasteiger partial charge in [0, 0.05) is 20.2 Å². The second-order valence-electron chi connectivity index (χ2n) is 13.9. The lowest BCUT2D eigenvalue weighted by Crippen LogP contribution is -2.47. The van der Waals surface area contributed by atoms with Crippen LogP contribution in [0.4, 0.5) is 5.82 Å². The highest BCUT2D eigenvalue weighted by Crippen LogP contribution is 2.46. The number of carboxylic acids is 1. The molecule has 4 atom stereocenters. The Morgan fingerprint density at radius 1 is 0.803 bits per heavy atom. The highest BCUT2D eigenvalue weighted by Gasteiger charge is 2.53. The Balaban J connectivity index is 0.00000107. The fourth-order valence-corrected chi connectivity index (χ4v) is 6.87. The number of methoxy groups -OCH3 is 3. The van der Waals surface area contributed by atoms with E-state index in [0.717, 1.165) is 5.56 Å². The van der Waals surface area contributed by atoms with E-state index in [1.807, 2.05) is 78.9 Å². The number of carbonyl (C=O) groups is 3. The van der Waals surface area contributed by atoms with E-state index in [0.29, 0.717) is 22.6 Å². The van der Waals surface area contributed by atoms with Crippen molar-refractivity contribution in [1.82, 2.24) is 14.5 Å². The Labute approximate surface area is 356 Å². The fraction of sp³-hybridized carbons (Fsp3) is 0.444. The molecule has 1 saturated heterocycles. The third-order valence-corrected chi connectivity index (χ3v) is 10.1. The van der Waals surface area contributed by atoms with Gasteiger partial charge in [0.1, 0.15) is 47.8 Å². The molecular weight excluding hydrogens is 789 g/mol. The number of nitrogens with one attached hydrogen (secondary N) is 1. The van der Waals surface area contributed by atoms with Crippen LogP contribution in [0.2, 0.25) is 0 Å². The molecule has 0 bridgehead atoms. The van der Waals surface area contributed by atoms with Crippen molar-refractivity contribution in [3.8, 4) is 11.5 Å². The number of carboxylic acid groups (broad SMARTS) is 1. The molecule has 61 heavy (non-hydrogen) atoms. The van der Waals surface area contributed by atoms with E-state index >= 15 is 0 Å². The summed E-state index contributed by atoms with van der Waals surface area (Å²) in [5, 5.41) is 11.6. The third kappa shape index (κ3) is 12.9. The van der Waals surface area contributed by atoms with Gasteiger partial charge in [0.15, 0.2) is 6.23 Å². The second kappa shape index (κ2) is 24.0. The Morgan fingerprint density at radius 2 is 1.38 bits per heavy atom. The topological polar surface area (TPSA) is 186 Å². The van der Waals surface area contributed by atoms with Gasteiger partial charge in [0.05, 0.1) is 40.3 Å². The van der Waals surface area contributed by atoms with Crippen molar-refractivity contribution >= 4 is 23.7 Å². The molecule has 16 nitrogen and oxygen atoms in total. The van der Waals surface area contributed by atoms with Crippen molar-refractivity contribution in [3.63, 3.8) is 0 Å². The molecule has 1 amide bonds. The van der Waals surface area contributed by atoms with Crippen LogP contribution in [0.25, 0.3) is 0 Å². The maximum Gasteiger partial charge on any atom is 0.351 e. The van der Waals surface area contributed by atoms with Crippen molar-refractivity contribution in [2.45, 2.75) is 70.7 Å². The normalized spacial score (nSPS) is 17.2. The number of nitrogens with zero attached hydrogens (tertiary/aromatic N) is 3. The van der Waals surface area contributed by atoms with Crippen molar-refractivity contribution in [3.05, 3.63) is 118 Å². The van der Waals surface area contributed by atoms with Gasteiger partial charge in [-0.15, -0.1) is 0 Å². The molecule has 1 aliphatic rings. The van der Waals surface area contributed by atoms with E-state index in [2.05, 4.69) is 36.0 Å². The van der Waals surface area contributed by atoms with Crippen molar-refractivity contribution in [2.24, 2.45) is 0 Å². The fourth-order valence-electron chi connectivity index (χ4n) is 6.87. The van der Waals surface area contributed by atoms with E-state index in [-0.39, 0.29) is 32.1 Å². The van der Waals surface area contributed by atoms with Crippen LogP contribution in [0.1, 0.15) is 63.5 Å². The van der Waals surface area contributed by atoms with Crippen molar-refractivity contribution in [2.75, 3.05) is 66.1 Å². The molecule has 1 aliphatic heterocycles. The molecule has 0 saturated carbocycles. The van der Waals surface area contributed by atoms with E-state index in [9.17, 15) is 19.2 Å². The minimum atomic E-state index is -1.39.